The van der Waals surface area contributed by atoms with Crippen LogP contribution in [-0.2, 0) is 0 Å². The van der Waals surface area contributed by atoms with Crippen molar-refractivity contribution in [3.05, 3.63) is 0 Å². The first kappa shape index (κ1) is 11.6. The second-order valence-corrected chi connectivity index (χ2v) is 3.62. The Morgan fingerprint density at radius 1 is 1.27 bits per heavy atom. The summed E-state index contributed by atoms with van der Waals surface area (Å²) < 4.78 is 0. The largest absolute Gasteiger partial charge is 0.396 e. The fourth-order valence-electron chi connectivity index (χ4n) is 0.817. The molecular formula is C7H16O2S2. The molecule has 4 heteroatoms. The van der Waals surface area contributed by atoms with Gasteiger partial charge in [-0.05, 0) is 25.0 Å². The van der Waals surface area contributed by atoms with Crippen molar-refractivity contribution in [2.75, 3.05) is 12.4 Å². The number of thiol groups is 2. The lowest BCUT2D eigenvalue weighted by molar-refractivity contribution is 0.147. The third-order valence-corrected chi connectivity index (χ3v) is 2.45. The molecule has 68 valence electrons. The van der Waals surface area contributed by atoms with Gasteiger partial charge in [0.2, 0.25) is 0 Å². The summed E-state index contributed by atoms with van der Waals surface area (Å²) in [6.07, 6.45) is 1.76. The zero-order valence-corrected chi connectivity index (χ0v) is 8.27. The number of hydrogen-bond acceptors (Lipinski definition) is 4. The minimum absolute atomic E-state index is 0.0894. The van der Waals surface area contributed by atoms with Crippen molar-refractivity contribution in [1.29, 1.82) is 0 Å². The highest BCUT2D eigenvalue weighted by molar-refractivity contribution is 7.81. The van der Waals surface area contributed by atoms with Crippen LogP contribution in [0.15, 0.2) is 0 Å². The molecule has 0 rings (SSSR count). The Hall–Kier alpha value is 0.620. The van der Waals surface area contributed by atoms with Crippen LogP contribution in [0.25, 0.3) is 0 Å². The summed E-state index contributed by atoms with van der Waals surface area (Å²) in [4.78, 5) is 0. The summed E-state index contributed by atoms with van der Waals surface area (Å²) >= 11 is 8.17. The molecule has 2 unspecified atom stereocenters. The van der Waals surface area contributed by atoms with E-state index in [4.69, 9.17) is 5.11 Å². The molecular weight excluding hydrogens is 180 g/mol. The molecule has 0 saturated heterocycles. The second-order valence-electron chi connectivity index (χ2n) is 2.51. The molecule has 0 saturated carbocycles. The Bertz CT molecular complexity index is 90.5. The van der Waals surface area contributed by atoms with Crippen molar-refractivity contribution in [2.24, 2.45) is 0 Å². The molecule has 11 heavy (non-hydrogen) atoms. The van der Waals surface area contributed by atoms with E-state index in [0.717, 1.165) is 18.6 Å². The third-order valence-electron chi connectivity index (χ3n) is 1.53. The highest BCUT2D eigenvalue weighted by Crippen LogP contribution is 2.11. The van der Waals surface area contributed by atoms with Crippen molar-refractivity contribution in [3.63, 3.8) is 0 Å². The van der Waals surface area contributed by atoms with E-state index in [1.807, 2.05) is 0 Å². The molecule has 0 aromatic carbocycles. The highest BCUT2D eigenvalue weighted by Gasteiger charge is 2.13. The zero-order chi connectivity index (χ0) is 8.69. The number of rotatable bonds is 6. The summed E-state index contributed by atoms with van der Waals surface area (Å²) in [6.45, 7) is 0.0894. The summed E-state index contributed by atoms with van der Waals surface area (Å²) in [6, 6.07) is 0. The van der Waals surface area contributed by atoms with E-state index < -0.39 is 6.10 Å². The third kappa shape index (κ3) is 5.84. The molecule has 2 N–H and O–H groups in total. The van der Waals surface area contributed by atoms with Crippen LogP contribution in [0.4, 0.5) is 0 Å². The van der Waals surface area contributed by atoms with Gasteiger partial charge in [-0.3, -0.25) is 0 Å². The van der Waals surface area contributed by atoms with E-state index in [0.29, 0.717) is 6.42 Å². The minimum atomic E-state index is -0.405. The summed E-state index contributed by atoms with van der Waals surface area (Å²) in [5, 5.41) is 17.8. The molecule has 0 spiro atoms. The van der Waals surface area contributed by atoms with Crippen LogP contribution >= 0.6 is 25.3 Å². The van der Waals surface area contributed by atoms with Crippen LogP contribution in [0.2, 0.25) is 0 Å². The van der Waals surface area contributed by atoms with Crippen molar-refractivity contribution >= 4 is 25.3 Å². The van der Waals surface area contributed by atoms with Crippen LogP contribution < -0.4 is 0 Å². The predicted molar refractivity (Wildman–Crippen MR) is 53.6 cm³/mol. The first-order valence-electron chi connectivity index (χ1n) is 3.80. The van der Waals surface area contributed by atoms with Crippen molar-refractivity contribution < 1.29 is 10.2 Å². The van der Waals surface area contributed by atoms with Gasteiger partial charge in [-0.2, -0.15) is 25.3 Å². The van der Waals surface area contributed by atoms with Gasteiger partial charge in [-0.25, -0.2) is 0 Å². The second kappa shape index (κ2) is 7.28. The van der Waals surface area contributed by atoms with Crippen LogP contribution in [-0.4, -0.2) is 33.9 Å². The maximum Gasteiger partial charge on any atom is 0.0657 e. The zero-order valence-electron chi connectivity index (χ0n) is 6.48. The van der Waals surface area contributed by atoms with Crippen molar-refractivity contribution in [3.8, 4) is 0 Å². The first-order chi connectivity index (χ1) is 5.22. The molecule has 0 aromatic rings. The molecule has 0 radical (unpaired) electrons. The van der Waals surface area contributed by atoms with E-state index in [-0.39, 0.29) is 11.9 Å². The topological polar surface area (TPSA) is 40.5 Å². The molecule has 0 aliphatic carbocycles. The van der Waals surface area contributed by atoms with E-state index in [9.17, 15) is 5.11 Å². The number of hydrogen-bond donors (Lipinski definition) is 4. The molecule has 2 atom stereocenters. The van der Waals surface area contributed by atoms with Gasteiger partial charge in [0.05, 0.1) is 6.10 Å². The first-order valence-corrected chi connectivity index (χ1v) is 4.95. The van der Waals surface area contributed by atoms with Crippen LogP contribution in [0.5, 0.6) is 0 Å². The summed E-state index contributed by atoms with van der Waals surface area (Å²) in [7, 11) is 0. The van der Waals surface area contributed by atoms with Crippen LogP contribution in [0.1, 0.15) is 19.3 Å². The minimum Gasteiger partial charge on any atom is -0.396 e. The lowest BCUT2D eigenvalue weighted by Crippen LogP contribution is -2.22. The molecule has 0 fully saturated rings. The Balaban J connectivity index is 3.38. The Kier molecular flexibility index (Phi) is 7.69. The quantitative estimate of drug-likeness (QED) is 0.473. The predicted octanol–water partition coefficient (Wildman–Crippen LogP) is 0.738. The molecule has 0 aromatic heterocycles. The van der Waals surface area contributed by atoms with Gasteiger partial charge in [-0.15, -0.1) is 0 Å². The molecule has 0 heterocycles. The summed E-state index contributed by atoms with van der Waals surface area (Å²) in [5.74, 6) is 0.788. The lowest BCUT2D eigenvalue weighted by Gasteiger charge is -2.16. The van der Waals surface area contributed by atoms with Gasteiger partial charge >= 0.3 is 0 Å². The Labute approximate surface area is 78.8 Å². The van der Waals surface area contributed by atoms with Gasteiger partial charge < -0.3 is 10.2 Å². The van der Waals surface area contributed by atoms with Gasteiger partial charge in [-0.1, -0.05) is 0 Å². The monoisotopic (exact) mass is 196 g/mol. The van der Waals surface area contributed by atoms with Crippen molar-refractivity contribution in [1.82, 2.24) is 0 Å². The standard InChI is InChI=1S/C7H16O2S2/c8-4-3-7(11)6(9)2-1-5-10/h6-11H,1-5H2. The number of aliphatic hydroxyl groups is 2. The molecule has 0 aliphatic heterocycles. The van der Waals surface area contributed by atoms with Crippen molar-refractivity contribution in [2.45, 2.75) is 30.6 Å². The number of aliphatic hydroxyl groups excluding tert-OH is 2. The van der Waals surface area contributed by atoms with E-state index in [1.165, 1.54) is 0 Å². The molecule has 0 aliphatic rings. The van der Waals surface area contributed by atoms with Crippen LogP contribution in [0.3, 0.4) is 0 Å². The van der Waals surface area contributed by atoms with Gasteiger partial charge in [0, 0.05) is 11.9 Å². The molecule has 0 amide bonds. The molecule has 0 bridgehead atoms. The average molecular weight is 196 g/mol. The van der Waals surface area contributed by atoms with E-state index in [2.05, 4.69) is 25.3 Å². The maximum absolute atomic E-state index is 9.36. The SMILES string of the molecule is OCCC(S)C(O)CCCS. The molecule has 2 nitrogen and oxygen atoms in total. The maximum atomic E-state index is 9.36. The average Bonchev–Trinajstić information content (AvgIpc) is 2.00. The normalized spacial score (nSPS) is 16.4. The van der Waals surface area contributed by atoms with E-state index in [1.54, 1.807) is 0 Å². The fraction of sp³-hybridized carbons (Fsp3) is 1.00. The lowest BCUT2D eigenvalue weighted by atomic mass is 10.1. The highest BCUT2D eigenvalue weighted by atomic mass is 32.1. The smallest absolute Gasteiger partial charge is 0.0657 e. The van der Waals surface area contributed by atoms with Gasteiger partial charge in [0.25, 0.3) is 0 Å². The van der Waals surface area contributed by atoms with E-state index >= 15 is 0 Å². The Morgan fingerprint density at radius 3 is 2.36 bits per heavy atom. The fourth-order valence-corrected chi connectivity index (χ4v) is 1.26. The van der Waals surface area contributed by atoms with Gasteiger partial charge in [0.15, 0.2) is 0 Å². The van der Waals surface area contributed by atoms with Crippen LogP contribution in [0, 0.1) is 0 Å². The Morgan fingerprint density at radius 2 is 1.91 bits per heavy atom. The van der Waals surface area contributed by atoms with Gasteiger partial charge in [0.1, 0.15) is 0 Å². The summed E-state index contributed by atoms with van der Waals surface area (Å²) in [5.41, 5.74) is 0.